The van der Waals surface area contributed by atoms with E-state index in [1.807, 2.05) is 6.07 Å². The quantitative estimate of drug-likeness (QED) is 0.694. The summed E-state index contributed by atoms with van der Waals surface area (Å²) < 4.78 is 0. The average molecular weight is 257 g/mol. The number of carbonyl (C=O) groups excluding carboxylic acids is 1. The predicted molar refractivity (Wildman–Crippen MR) is 67.9 cm³/mol. The lowest BCUT2D eigenvalue weighted by atomic mass is 10.1. The maximum atomic E-state index is 10.8. The number of hydrogen-bond acceptors (Lipinski definition) is 6. The maximum absolute atomic E-state index is 10.8. The summed E-state index contributed by atoms with van der Waals surface area (Å²) in [7, 11) is 0. The van der Waals surface area contributed by atoms with Gasteiger partial charge in [0.05, 0.1) is 11.2 Å². The SMILES string of the molecule is N#Cc1nnc2ccccc2c1NCC(O)C(N)=O. The van der Waals surface area contributed by atoms with Crippen LogP contribution in [0.1, 0.15) is 5.69 Å². The normalized spacial score (nSPS) is 11.8. The molecule has 4 N–H and O–H groups in total. The van der Waals surface area contributed by atoms with Crippen molar-refractivity contribution < 1.29 is 9.90 Å². The highest BCUT2D eigenvalue weighted by Gasteiger charge is 2.14. The monoisotopic (exact) mass is 257 g/mol. The summed E-state index contributed by atoms with van der Waals surface area (Å²) in [5.41, 5.74) is 6.09. The molecule has 0 spiro atoms. The van der Waals surface area contributed by atoms with Gasteiger partial charge in [-0.25, -0.2) is 0 Å². The van der Waals surface area contributed by atoms with Crippen molar-refractivity contribution in [2.24, 2.45) is 5.73 Å². The van der Waals surface area contributed by atoms with Gasteiger partial charge < -0.3 is 16.2 Å². The van der Waals surface area contributed by atoms with Crippen molar-refractivity contribution in [1.82, 2.24) is 10.2 Å². The number of rotatable bonds is 4. The number of fused-ring (bicyclic) bond motifs is 1. The second kappa shape index (κ2) is 5.29. The van der Waals surface area contributed by atoms with E-state index in [-0.39, 0.29) is 12.2 Å². The minimum Gasteiger partial charge on any atom is -0.381 e. The molecule has 1 amide bonds. The van der Waals surface area contributed by atoms with Crippen LogP contribution in [0.5, 0.6) is 0 Å². The van der Waals surface area contributed by atoms with Gasteiger partial charge in [-0.3, -0.25) is 4.79 Å². The van der Waals surface area contributed by atoms with E-state index in [0.29, 0.717) is 16.6 Å². The summed E-state index contributed by atoms with van der Waals surface area (Å²) >= 11 is 0. The molecule has 2 rings (SSSR count). The molecule has 19 heavy (non-hydrogen) atoms. The molecular formula is C12H11N5O2. The van der Waals surface area contributed by atoms with Gasteiger partial charge in [0.25, 0.3) is 0 Å². The van der Waals surface area contributed by atoms with Crippen molar-refractivity contribution in [1.29, 1.82) is 5.26 Å². The molecule has 0 saturated carbocycles. The summed E-state index contributed by atoms with van der Waals surface area (Å²) in [6.07, 6.45) is -1.33. The number of aromatic nitrogens is 2. The van der Waals surface area contributed by atoms with Gasteiger partial charge in [-0.05, 0) is 6.07 Å². The van der Waals surface area contributed by atoms with Crippen molar-refractivity contribution in [2.45, 2.75) is 6.10 Å². The summed E-state index contributed by atoms with van der Waals surface area (Å²) in [4.78, 5) is 10.8. The van der Waals surface area contributed by atoms with Crippen molar-refractivity contribution >= 4 is 22.5 Å². The van der Waals surface area contributed by atoms with E-state index in [4.69, 9.17) is 11.0 Å². The molecule has 1 unspecified atom stereocenters. The second-order valence-electron chi connectivity index (χ2n) is 3.85. The number of amides is 1. The van der Waals surface area contributed by atoms with Crippen LogP contribution >= 0.6 is 0 Å². The van der Waals surface area contributed by atoms with Crippen molar-refractivity contribution in [2.75, 3.05) is 11.9 Å². The molecule has 1 aromatic heterocycles. The third-order valence-electron chi connectivity index (χ3n) is 2.57. The van der Waals surface area contributed by atoms with Gasteiger partial charge in [-0.1, -0.05) is 18.2 Å². The molecule has 1 atom stereocenters. The zero-order chi connectivity index (χ0) is 13.8. The Morgan fingerprint density at radius 3 is 2.89 bits per heavy atom. The van der Waals surface area contributed by atoms with Crippen LogP contribution in [0.15, 0.2) is 24.3 Å². The number of nitriles is 1. The highest BCUT2D eigenvalue weighted by molar-refractivity contribution is 5.93. The lowest BCUT2D eigenvalue weighted by molar-refractivity contribution is -0.125. The van der Waals surface area contributed by atoms with Crippen LogP contribution in [-0.2, 0) is 4.79 Å². The fourth-order valence-corrected chi connectivity index (χ4v) is 1.61. The van der Waals surface area contributed by atoms with Crippen molar-refractivity contribution in [3.63, 3.8) is 0 Å². The van der Waals surface area contributed by atoms with Crippen LogP contribution in [0.3, 0.4) is 0 Å². The number of hydrogen-bond donors (Lipinski definition) is 3. The van der Waals surface area contributed by atoms with E-state index in [2.05, 4.69) is 15.5 Å². The van der Waals surface area contributed by atoms with E-state index in [0.717, 1.165) is 0 Å². The minimum absolute atomic E-state index is 0.0929. The maximum Gasteiger partial charge on any atom is 0.248 e. The summed E-state index contributed by atoms with van der Waals surface area (Å²) in [5.74, 6) is -0.836. The van der Waals surface area contributed by atoms with Gasteiger partial charge in [0.1, 0.15) is 12.2 Å². The van der Waals surface area contributed by atoms with E-state index in [1.54, 1.807) is 24.3 Å². The molecule has 0 aliphatic carbocycles. The molecule has 2 aromatic rings. The third kappa shape index (κ3) is 2.59. The number of nitrogens with zero attached hydrogens (tertiary/aromatic N) is 3. The fraction of sp³-hybridized carbons (Fsp3) is 0.167. The first kappa shape index (κ1) is 12.7. The van der Waals surface area contributed by atoms with Crippen LogP contribution in [0.2, 0.25) is 0 Å². The smallest absolute Gasteiger partial charge is 0.248 e. The summed E-state index contributed by atoms with van der Waals surface area (Å²) in [5, 5.41) is 29.6. The van der Waals surface area contributed by atoms with Gasteiger partial charge in [0, 0.05) is 11.9 Å². The lowest BCUT2D eigenvalue weighted by Gasteiger charge is -2.12. The Labute approximate surface area is 108 Å². The van der Waals surface area contributed by atoms with Crippen LogP contribution in [0.4, 0.5) is 5.69 Å². The lowest BCUT2D eigenvalue weighted by Crippen LogP contribution is -2.34. The third-order valence-corrected chi connectivity index (χ3v) is 2.57. The topological polar surface area (TPSA) is 125 Å². The largest absolute Gasteiger partial charge is 0.381 e. The number of primary amides is 1. The Hall–Kier alpha value is -2.72. The van der Waals surface area contributed by atoms with Crippen LogP contribution in [0.25, 0.3) is 10.9 Å². The zero-order valence-corrected chi connectivity index (χ0v) is 9.87. The molecule has 1 aromatic carbocycles. The fourth-order valence-electron chi connectivity index (χ4n) is 1.61. The number of nitrogens with one attached hydrogen (secondary N) is 1. The molecule has 0 bridgehead atoms. The van der Waals surface area contributed by atoms with E-state index in [9.17, 15) is 9.90 Å². The van der Waals surface area contributed by atoms with E-state index in [1.165, 1.54) is 0 Å². The standard InChI is InChI=1S/C12H11N5O2/c13-5-9-11(15-6-10(18)12(14)19)7-3-1-2-4-8(7)16-17-9/h1-4,10,18H,6H2,(H2,14,19)(H,15,16). The molecule has 0 aliphatic rings. The van der Waals surface area contributed by atoms with Gasteiger partial charge in [0.15, 0.2) is 5.69 Å². The van der Waals surface area contributed by atoms with Gasteiger partial charge in [0.2, 0.25) is 5.91 Å². The van der Waals surface area contributed by atoms with Gasteiger partial charge in [-0.2, -0.15) is 5.26 Å². The Morgan fingerprint density at radius 1 is 1.47 bits per heavy atom. The molecule has 96 valence electrons. The van der Waals surface area contributed by atoms with Crippen molar-refractivity contribution in [3.8, 4) is 6.07 Å². The summed E-state index contributed by atoms with van der Waals surface area (Å²) in [6, 6.07) is 9.01. The van der Waals surface area contributed by atoms with Crippen LogP contribution < -0.4 is 11.1 Å². The molecule has 7 heteroatoms. The van der Waals surface area contributed by atoms with Gasteiger partial charge in [-0.15, -0.1) is 10.2 Å². The molecule has 0 aliphatic heterocycles. The molecule has 0 saturated heterocycles. The number of carbonyl (C=O) groups is 1. The summed E-state index contributed by atoms with van der Waals surface area (Å²) in [6.45, 7) is -0.0975. The van der Waals surface area contributed by atoms with E-state index < -0.39 is 12.0 Å². The zero-order valence-electron chi connectivity index (χ0n) is 9.87. The highest BCUT2D eigenvalue weighted by atomic mass is 16.3. The molecule has 0 fully saturated rings. The van der Waals surface area contributed by atoms with Crippen LogP contribution in [-0.4, -0.2) is 33.9 Å². The predicted octanol–water partition coefficient (Wildman–Crippen LogP) is -0.240. The van der Waals surface area contributed by atoms with Gasteiger partial charge >= 0.3 is 0 Å². The Kier molecular flexibility index (Phi) is 3.54. The van der Waals surface area contributed by atoms with E-state index >= 15 is 0 Å². The average Bonchev–Trinajstić information content (AvgIpc) is 2.43. The first-order valence-corrected chi connectivity index (χ1v) is 5.50. The Bertz CT molecular complexity index is 665. The number of nitrogens with two attached hydrogens (primary N) is 1. The molecule has 1 heterocycles. The number of aliphatic hydroxyl groups is 1. The molecular weight excluding hydrogens is 246 g/mol. The second-order valence-corrected chi connectivity index (χ2v) is 3.85. The van der Waals surface area contributed by atoms with Crippen LogP contribution in [0, 0.1) is 11.3 Å². The minimum atomic E-state index is -1.33. The Morgan fingerprint density at radius 2 is 2.21 bits per heavy atom. The Balaban J connectivity index is 2.40. The first-order valence-electron chi connectivity index (χ1n) is 5.50. The molecule has 0 radical (unpaired) electrons. The highest BCUT2D eigenvalue weighted by Crippen LogP contribution is 2.23. The number of anilines is 1. The number of benzene rings is 1. The number of aliphatic hydroxyl groups excluding tert-OH is 1. The first-order chi connectivity index (χ1) is 9.13. The molecule has 7 nitrogen and oxygen atoms in total. The van der Waals surface area contributed by atoms with Crippen molar-refractivity contribution in [3.05, 3.63) is 30.0 Å².